The maximum absolute atomic E-state index is 13.3. The van der Waals surface area contributed by atoms with Gasteiger partial charge in [-0.2, -0.15) is 8.42 Å². The van der Waals surface area contributed by atoms with E-state index in [1.807, 2.05) is 0 Å². The Labute approximate surface area is 235 Å². The minimum Gasteiger partial charge on any atom is -0.478 e. The fraction of sp³-hybridized carbons (Fsp3) is 0. The molecule has 0 bridgehead atoms. The summed E-state index contributed by atoms with van der Waals surface area (Å²) in [5.74, 6) is -7.23. The van der Waals surface area contributed by atoms with Gasteiger partial charge in [-0.25, -0.2) is 36.0 Å². The summed E-state index contributed by atoms with van der Waals surface area (Å²) < 4.78 is 91.0. The van der Waals surface area contributed by atoms with Crippen LogP contribution in [0.1, 0.15) is 41.4 Å². The van der Waals surface area contributed by atoms with E-state index in [4.69, 9.17) is 0 Å². The first kappa shape index (κ1) is 31.5. The van der Waals surface area contributed by atoms with E-state index in [0.29, 0.717) is 18.2 Å². The SMILES string of the molecule is O=C(O)c1cccc(C(=O)O)c1NS(=O)(=O)c1cccc(S(=O)(=O)Nc2c(C(=O)O)cccc2C(=O)O)c1S(=O)(=O)O. The van der Waals surface area contributed by atoms with Gasteiger partial charge in [-0.1, -0.05) is 18.2 Å². The van der Waals surface area contributed by atoms with Gasteiger partial charge in [0.1, 0.15) is 14.7 Å². The van der Waals surface area contributed by atoms with Crippen molar-refractivity contribution in [2.24, 2.45) is 0 Å². The molecule has 0 aliphatic rings. The van der Waals surface area contributed by atoms with Gasteiger partial charge in [-0.3, -0.25) is 14.0 Å². The number of hydrogen-bond donors (Lipinski definition) is 7. The molecule has 3 aromatic carbocycles. The zero-order chi connectivity index (χ0) is 31.8. The summed E-state index contributed by atoms with van der Waals surface area (Å²) in [4.78, 5) is 41.7. The van der Waals surface area contributed by atoms with E-state index >= 15 is 0 Å². The minimum absolute atomic E-state index is 0.474. The third-order valence-electron chi connectivity index (χ3n) is 5.30. The third kappa shape index (κ3) is 6.15. The lowest BCUT2D eigenvalue weighted by Crippen LogP contribution is -2.24. The number of aromatic carboxylic acids is 4. The Kier molecular flexibility index (Phi) is 8.31. The normalized spacial score (nSPS) is 11.8. The lowest BCUT2D eigenvalue weighted by molar-refractivity contribution is 0.0678. The van der Waals surface area contributed by atoms with Gasteiger partial charge in [-0.05, 0) is 36.4 Å². The molecule has 0 spiro atoms. The summed E-state index contributed by atoms with van der Waals surface area (Å²) >= 11 is 0. The average molecular weight is 645 g/mol. The van der Waals surface area contributed by atoms with E-state index in [0.717, 1.165) is 36.4 Å². The second kappa shape index (κ2) is 11.1. The largest absolute Gasteiger partial charge is 0.478 e. The van der Waals surface area contributed by atoms with Gasteiger partial charge in [0, 0.05) is 0 Å². The van der Waals surface area contributed by atoms with E-state index in [9.17, 15) is 69.4 Å². The van der Waals surface area contributed by atoms with Gasteiger partial charge in [0.2, 0.25) is 0 Å². The van der Waals surface area contributed by atoms with Crippen molar-refractivity contribution in [2.75, 3.05) is 9.44 Å². The van der Waals surface area contributed by atoms with Gasteiger partial charge < -0.3 is 20.4 Å². The van der Waals surface area contributed by atoms with Crippen LogP contribution in [0.25, 0.3) is 0 Å². The number of nitrogens with one attached hydrogen (secondary N) is 2. The predicted molar refractivity (Wildman–Crippen MR) is 139 cm³/mol. The van der Waals surface area contributed by atoms with Gasteiger partial charge in [0.25, 0.3) is 30.2 Å². The van der Waals surface area contributed by atoms with E-state index in [1.54, 1.807) is 9.44 Å². The Balaban J connectivity index is 2.31. The molecular formula is C22H16N2O15S3. The lowest BCUT2D eigenvalue weighted by Gasteiger charge is -2.18. The number of anilines is 2. The molecule has 0 fully saturated rings. The van der Waals surface area contributed by atoms with E-state index in [2.05, 4.69) is 0 Å². The van der Waals surface area contributed by atoms with Crippen molar-refractivity contribution in [1.82, 2.24) is 0 Å². The zero-order valence-corrected chi connectivity index (χ0v) is 22.7. The average Bonchev–Trinajstić information content (AvgIpc) is 2.87. The Morgan fingerprint density at radius 3 is 1.00 bits per heavy atom. The van der Waals surface area contributed by atoms with Crippen molar-refractivity contribution >= 4 is 65.4 Å². The van der Waals surface area contributed by atoms with Crippen LogP contribution in [-0.4, -0.2) is 74.1 Å². The number of para-hydroxylation sites is 2. The summed E-state index contributed by atoms with van der Waals surface area (Å²) in [6.45, 7) is 0. The maximum Gasteiger partial charge on any atom is 0.337 e. The molecule has 3 rings (SSSR count). The van der Waals surface area contributed by atoms with Gasteiger partial charge >= 0.3 is 23.9 Å². The maximum atomic E-state index is 13.3. The van der Waals surface area contributed by atoms with Crippen LogP contribution < -0.4 is 9.44 Å². The van der Waals surface area contributed by atoms with Crippen molar-refractivity contribution in [1.29, 1.82) is 0 Å². The van der Waals surface area contributed by atoms with Gasteiger partial charge in [-0.15, -0.1) is 0 Å². The summed E-state index contributed by atoms with van der Waals surface area (Å²) in [6.07, 6.45) is 0. The van der Waals surface area contributed by atoms with E-state index < -0.39 is 102 Å². The highest BCUT2D eigenvalue weighted by atomic mass is 32.2. The molecule has 20 heteroatoms. The molecule has 0 aliphatic heterocycles. The minimum atomic E-state index is -5.82. The number of carbonyl (C=O) groups is 4. The number of rotatable bonds is 11. The topological polar surface area (TPSA) is 296 Å². The molecule has 0 aromatic heterocycles. The standard InChI is InChI=1S/C22H16N2O15S3/c25-19(26)10-4-1-5-11(20(27)28)16(10)23-40(33,34)14-8-3-9-15(18(14)42(37,38)39)41(35,36)24-17-12(21(29)30)6-2-7-13(17)22(31)32/h1-9,23-24H,(H,25,26)(H,27,28)(H,29,30)(H,31,32)(H,37,38,39). The molecule has 7 N–H and O–H groups in total. The smallest absolute Gasteiger partial charge is 0.337 e. The number of carboxylic acid groups (broad SMARTS) is 4. The molecule has 3 aromatic rings. The summed E-state index contributed by atoms with van der Waals surface area (Å²) in [6, 6.07) is 6.77. The fourth-order valence-electron chi connectivity index (χ4n) is 3.59. The Morgan fingerprint density at radius 1 is 0.500 bits per heavy atom. The van der Waals surface area contributed by atoms with Crippen LogP contribution >= 0.6 is 0 Å². The van der Waals surface area contributed by atoms with Crippen molar-refractivity contribution in [3.05, 3.63) is 76.9 Å². The molecule has 0 saturated carbocycles. The van der Waals surface area contributed by atoms with Crippen LogP contribution in [0.15, 0.2) is 69.3 Å². The first-order valence-electron chi connectivity index (χ1n) is 10.6. The Hall–Kier alpha value is -5.05. The fourth-order valence-corrected chi connectivity index (χ4v) is 8.01. The summed E-state index contributed by atoms with van der Waals surface area (Å²) in [5.41, 5.74) is -5.70. The predicted octanol–water partition coefficient (Wildman–Crippen LogP) is 1.33. The van der Waals surface area contributed by atoms with Crippen LogP contribution in [-0.2, 0) is 30.2 Å². The monoisotopic (exact) mass is 644 g/mol. The quantitative estimate of drug-likeness (QED) is 0.145. The highest BCUT2D eigenvalue weighted by Crippen LogP contribution is 2.33. The third-order valence-corrected chi connectivity index (χ3v) is 9.30. The molecule has 0 heterocycles. The van der Waals surface area contributed by atoms with Crippen LogP contribution in [0.2, 0.25) is 0 Å². The molecular weight excluding hydrogens is 628 g/mol. The van der Waals surface area contributed by atoms with Crippen molar-refractivity contribution in [3.63, 3.8) is 0 Å². The van der Waals surface area contributed by atoms with Crippen molar-refractivity contribution < 1.29 is 69.4 Å². The van der Waals surface area contributed by atoms with E-state index in [-0.39, 0.29) is 0 Å². The molecule has 0 amide bonds. The number of sulfonamides is 2. The molecule has 222 valence electrons. The Bertz CT molecular complexity index is 1810. The molecule has 0 saturated heterocycles. The van der Waals surface area contributed by atoms with Crippen LogP contribution in [0.4, 0.5) is 11.4 Å². The second-order valence-corrected chi connectivity index (χ2v) is 12.6. The summed E-state index contributed by atoms with van der Waals surface area (Å²) in [5, 5.41) is 37.6. The number of benzene rings is 3. The van der Waals surface area contributed by atoms with Crippen LogP contribution in [0.3, 0.4) is 0 Å². The molecule has 0 unspecified atom stereocenters. The Morgan fingerprint density at radius 2 is 0.762 bits per heavy atom. The van der Waals surface area contributed by atoms with Crippen LogP contribution in [0, 0.1) is 0 Å². The second-order valence-electron chi connectivity index (χ2n) is 7.95. The first-order chi connectivity index (χ1) is 19.3. The highest BCUT2D eigenvalue weighted by Gasteiger charge is 2.36. The number of carboxylic acids is 4. The molecule has 42 heavy (non-hydrogen) atoms. The first-order valence-corrected chi connectivity index (χ1v) is 15.1. The highest BCUT2D eigenvalue weighted by molar-refractivity contribution is 7.95. The summed E-state index contributed by atoms with van der Waals surface area (Å²) in [7, 11) is -16.7. The lowest BCUT2D eigenvalue weighted by atomic mass is 10.1. The number of hydrogen-bond acceptors (Lipinski definition) is 10. The molecule has 0 aliphatic carbocycles. The van der Waals surface area contributed by atoms with Crippen molar-refractivity contribution in [3.8, 4) is 0 Å². The van der Waals surface area contributed by atoms with Gasteiger partial charge in [0.05, 0.1) is 33.6 Å². The van der Waals surface area contributed by atoms with Crippen molar-refractivity contribution in [2.45, 2.75) is 14.7 Å². The molecule has 0 radical (unpaired) electrons. The van der Waals surface area contributed by atoms with Crippen LogP contribution in [0.5, 0.6) is 0 Å². The van der Waals surface area contributed by atoms with E-state index in [1.165, 1.54) is 0 Å². The molecule has 0 atom stereocenters. The zero-order valence-electron chi connectivity index (χ0n) is 20.2. The molecule has 17 nitrogen and oxygen atoms in total. The van der Waals surface area contributed by atoms with Gasteiger partial charge in [0.15, 0.2) is 0 Å².